The van der Waals surface area contributed by atoms with Crippen LogP contribution in [0.1, 0.15) is 107 Å². The third-order valence-electron chi connectivity index (χ3n) is 9.97. The zero-order valence-corrected chi connectivity index (χ0v) is 32.4. The number of amides is 3. The predicted molar refractivity (Wildman–Crippen MR) is 198 cm³/mol. The first kappa shape index (κ1) is 42.5. The summed E-state index contributed by atoms with van der Waals surface area (Å²) in [6, 6.07) is 7.13. The fourth-order valence-electron chi connectivity index (χ4n) is 6.65. The van der Waals surface area contributed by atoms with Gasteiger partial charge >= 0.3 is 11.9 Å². The minimum absolute atomic E-state index is 0.0808. The standard InChI is InChI=1S/C38H57N5O8S/c1-8-24(4)33(41-35(47)30-16-12-13-17-42(30)7)37(48)43(22-44)31(23(2)3)20-32(51-26(6)45)36-40-29(21-52-36)34(46)39-28(18-25(5)38(49)50)19-27-14-10-9-11-15-27/h9-11,14-15,21,23-25,28,30-33,44H,8,12-13,16-20,22H2,1-7H3,(H,39,46)(H,41,47)(H,49,50)/t24-,25-,28+,30+,31+,32?,33-/m0/s1. The molecule has 7 atom stereocenters. The molecule has 1 aromatic carbocycles. The maximum atomic E-state index is 14.2. The second-order valence-electron chi connectivity index (χ2n) is 14.4. The van der Waals surface area contributed by atoms with Crippen LogP contribution in [0.2, 0.25) is 0 Å². The summed E-state index contributed by atoms with van der Waals surface area (Å²) in [4.78, 5) is 73.0. The third kappa shape index (κ3) is 12.1. The van der Waals surface area contributed by atoms with Crippen LogP contribution in [0.4, 0.5) is 0 Å². The van der Waals surface area contributed by atoms with Crippen LogP contribution in [0.5, 0.6) is 0 Å². The third-order valence-corrected chi connectivity index (χ3v) is 10.9. The lowest BCUT2D eigenvalue weighted by molar-refractivity contribution is -0.151. The van der Waals surface area contributed by atoms with Crippen molar-refractivity contribution in [3.05, 3.63) is 52.0 Å². The van der Waals surface area contributed by atoms with E-state index in [2.05, 4.69) is 15.6 Å². The van der Waals surface area contributed by atoms with Crippen molar-refractivity contribution in [1.82, 2.24) is 25.4 Å². The summed E-state index contributed by atoms with van der Waals surface area (Å²) in [5.74, 6) is -3.80. The fraction of sp³-hybridized carbons (Fsp3) is 0.632. The molecule has 1 aliphatic rings. The summed E-state index contributed by atoms with van der Waals surface area (Å²) < 4.78 is 5.73. The summed E-state index contributed by atoms with van der Waals surface area (Å²) in [5.41, 5.74) is 1.03. The molecular formula is C38H57N5O8S. The molecule has 0 spiro atoms. The summed E-state index contributed by atoms with van der Waals surface area (Å²) >= 11 is 1.13. The van der Waals surface area contributed by atoms with Crippen LogP contribution in [-0.4, -0.2) is 99.1 Å². The number of benzene rings is 1. The molecule has 1 saturated heterocycles. The first-order chi connectivity index (χ1) is 24.7. The highest BCUT2D eigenvalue weighted by molar-refractivity contribution is 7.09. The molecular weight excluding hydrogens is 687 g/mol. The van der Waals surface area contributed by atoms with Crippen molar-refractivity contribution >= 4 is 41.0 Å². The van der Waals surface area contributed by atoms with Crippen molar-refractivity contribution in [2.75, 3.05) is 20.3 Å². The molecule has 2 heterocycles. The average Bonchev–Trinajstić information content (AvgIpc) is 3.60. The number of carbonyl (C=O) groups is 5. The molecule has 0 aliphatic carbocycles. The fourth-order valence-corrected chi connectivity index (χ4v) is 7.49. The Morgan fingerprint density at radius 2 is 1.75 bits per heavy atom. The number of carbonyl (C=O) groups excluding carboxylic acids is 4. The van der Waals surface area contributed by atoms with E-state index in [0.717, 1.165) is 36.3 Å². The highest BCUT2D eigenvalue weighted by atomic mass is 32.1. The van der Waals surface area contributed by atoms with Crippen molar-refractivity contribution in [3.63, 3.8) is 0 Å². The molecule has 3 rings (SSSR count). The van der Waals surface area contributed by atoms with Crippen molar-refractivity contribution < 1.29 is 38.9 Å². The number of rotatable bonds is 19. The predicted octanol–water partition coefficient (Wildman–Crippen LogP) is 4.41. The Hall–Kier alpha value is -3.88. The van der Waals surface area contributed by atoms with Gasteiger partial charge in [-0.05, 0) is 56.7 Å². The Morgan fingerprint density at radius 1 is 1.06 bits per heavy atom. The number of hydrogen-bond acceptors (Lipinski definition) is 10. The molecule has 14 heteroatoms. The molecule has 0 bridgehead atoms. The molecule has 4 N–H and O–H groups in total. The highest BCUT2D eigenvalue weighted by Crippen LogP contribution is 2.31. The number of aliphatic carboxylic acids is 1. The van der Waals surface area contributed by atoms with E-state index in [4.69, 9.17) is 4.74 Å². The van der Waals surface area contributed by atoms with Crippen molar-refractivity contribution in [2.45, 2.75) is 117 Å². The van der Waals surface area contributed by atoms with Crippen LogP contribution in [0.25, 0.3) is 0 Å². The highest BCUT2D eigenvalue weighted by Gasteiger charge is 2.38. The number of likely N-dealkylation sites (tertiary alicyclic amines) is 1. The van der Waals surface area contributed by atoms with Crippen LogP contribution < -0.4 is 10.6 Å². The van der Waals surface area contributed by atoms with Crippen LogP contribution in [-0.2, 0) is 30.3 Å². The van der Waals surface area contributed by atoms with Gasteiger partial charge in [0.2, 0.25) is 11.8 Å². The summed E-state index contributed by atoms with van der Waals surface area (Å²) in [6.45, 7) is 10.7. The molecule has 0 radical (unpaired) electrons. The Morgan fingerprint density at radius 3 is 2.33 bits per heavy atom. The van der Waals surface area contributed by atoms with Gasteiger partial charge in [-0.3, -0.25) is 28.9 Å². The van der Waals surface area contributed by atoms with E-state index in [1.165, 1.54) is 11.8 Å². The average molecular weight is 744 g/mol. The van der Waals surface area contributed by atoms with E-state index in [1.807, 2.05) is 70.0 Å². The molecule has 1 unspecified atom stereocenters. The van der Waals surface area contributed by atoms with Gasteiger partial charge in [0.1, 0.15) is 23.5 Å². The number of piperidine rings is 1. The molecule has 1 aromatic heterocycles. The largest absolute Gasteiger partial charge is 0.481 e. The summed E-state index contributed by atoms with van der Waals surface area (Å²) in [7, 11) is 1.91. The number of nitrogens with one attached hydrogen (secondary N) is 2. The maximum Gasteiger partial charge on any atom is 0.306 e. The number of aromatic nitrogens is 1. The molecule has 0 saturated carbocycles. The van der Waals surface area contributed by atoms with E-state index in [0.29, 0.717) is 24.3 Å². The summed E-state index contributed by atoms with van der Waals surface area (Å²) in [5, 5.41) is 28.0. The van der Waals surface area contributed by atoms with Crippen LogP contribution in [0.3, 0.4) is 0 Å². The van der Waals surface area contributed by atoms with Gasteiger partial charge in [-0.25, -0.2) is 4.98 Å². The lowest BCUT2D eigenvalue weighted by atomic mass is 9.92. The normalized spacial score (nSPS) is 18.4. The van der Waals surface area contributed by atoms with Gasteiger partial charge in [0.15, 0.2) is 6.10 Å². The van der Waals surface area contributed by atoms with Gasteiger partial charge in [-0.1, -0.05) is 77.8 Å². The lowest BCUT2D eigenvalue weighted by Gasteiger charge is -2.39. The van der Waals surface area contributed by atoms with Gasteiger partial charge < -0.3 is 30.5 Å². The molecule has 2 aromatic rings. The SMILES string of the molecule is CC[C@H](C)[C@H](NC(=O)[C@H]1CCCCN1C)C(=O)N(CO)[C@H](CC(OC(C)=O)c1nc(C(=O)N[C@@H](Cc2ccccc2)C[C@H](C)C(=O)O)cs1)C(C)C. The minimum atomic E-state index is -0.961. The monoisotopic (exact) mass is 743 g/mol. The Labute approximate surface area is 311 Å². The molecule has 3 amide bonds. The van der Waals surface area contributed by atoms with E-state index >= 15 is 0 Å². The zero-order chi connectivity index (χ0) is 38.5. The van der Waals surface area contributed by atoms with Gasteiger partial charge in [0, 0.05) is 30.8 Å². The second kappa shape index (κ2) is 20.4. The molecule has 288 valence electrons. The number of ether oxygens (including phenoxy) is 1. The molecule has 13 nitrogen and oxygen atoms in total. The lowest BCUT2D eigenvalue weighted by Crippen LogP contribution is -2.59. The quantitative estimate of drug-likeness (QED) is 0.119. The number of aliphatic hydroxyl groups excluding tert-OH is 1. The second-order valence-corrected chi connectivity index (χ2v) is 15.3. The van der Waals surface area contributed by atoms with E-state index in [9.17, 15) is 34.2 Å². The number of thiazole rings is 1. The van der Waals surface area contributed by atoms with E-state index < -0.39 is 60.6 Å². The Balaban J connectivity index is 1.84. The first-order valence-electron chi connectivity index (χ1n) is 18.3. The van der Waals surface area contributed by atoms with Gasteiger partial charge in [0.25, 0.3) is 5.91 Å². The van der Waals surface area contributed by atoms with Crippen LogP contribution >= 0.6 is 11.3 Å². The maximum absolute atomic E-state index is 14.2. The molecule has 1 fully saturated rings. The first-order valence-corrected chi connectivity index (χ1v) is 19.2. The van der Waals surface area contributed by atoms with Gasteiger partial charge in [0.05, 0.1) is 12.0 Å². The van der Waals surface area contributed by atoms with Crippen molar-refractivity contribution in [2.24, 2.45) is 17.8 Å². The Kier molecular flexibility index (Phi) is 16.7. The minimum Gasteiger partial charge on any atom is -0.481 e. The van der Waals surface area contributed by atoms with Crippen LogP contribution in [0, 0.1) is 17.8 Å². The number of likely N-dealkylation sites (N-methyl/N-ethyl adjacent to an activating group) is 1. The summed E-state index contributed by atoms with van der Waals surface area (Å²) in [6.07, 6.45) is 3.03. The number of esters is 1. The zero-order valence-electron chi connectivity index (χ0n) is 31.5. The Bertz CT molecular complexity index is 1490. The van der Waals surface area contributed by atoms with Crippen molar-refractivity contribution in [3.8, 4) is 0 Å². The van der Waals surface area contributed by atoms with Gasteiger partial charge in [-0.15, -0.1) is 11.3 Å². The number of aliphatic hydroxyl groups is 1. The number of nitrogens with zero attached hydrogens (tertiary/aromatic N) is 3. The van der Waals surface area contributed by atoms with Crippen LogP contribution in [0.15, 0.2) is 35.7 Å². The number of carboxylic acids is 1. The smallest absolute Gasteiger partial charge is 0.306 e. The van der Waals surface area contributed by atoms with Gasteiger partial charge in [-0.2, -0.15) is 0 Å². The van der Waals surface area contributed by atoms with E-state index in [-0.39, 0.29) is 42.3 Å². The molecule has 52 heavy (non-hydrogen) atoms. The molecule has 1 aliphatic heterocycles. The number of carboxylic acid groups (broad SMARTS) is 1. The topological polar surface area (TPSA) is 178 Å². The number of hydrogen-bond donors (Lipinski definition) is 4. The van der Waals surface area contributed by atoms with Crippen molar-refractivity contribution in [1.29, 1.82) is 0 Å². The van der Waals surface area contributed by atoms with E-state index in [1.54, 1.807) is 12.3 Å².